The molecule has 0 fully saturated rings. The van der Waals surface area contributed by atoms with Gasteiger partial charge < -0.3 is 29.6 Å². The minimum atomic E-state index is -0.488. The van der Waals surface area contributed by atoms with Crippen molar-refractivity contribution in [1.29, 1.82) is 0 Å². The van der Waals surface area contributed by atoms with E-state index in [0.717, 1.165) is 0 Å². The third kappa shape index (κ3) is 5.45. The highest BCUT2D eigenvalue weighted by Crippen LogP contribution is 2.27. The summed E-state index contributed by atoms with van der Waals surface area (Å²) in [7, 11) is 6.07. The monoisotopic (exact) mass is 437 g/mol. The number of carbonyl (C=O) groups excluding carboxylic acids is 2. The predicted octanol–water partition coefficient (Wildman–Crippen LogP) is 3.62. The van der Waals surface area contributed by atoms with Gasteiger partial charge in [0.1, 0.15) is 28.7 Å². The number of anilines is 2. The molecule has 0 aliphatic heterocycles. The number of benzene rings is 2. The van der Waals surface area contributed by atoms with Gasteiger partial charge in [-0.1, -0.05) is 0 Å². The number of nitrogens with one attached hydrogen (secondary N) is 2. The molecule has 0 unspecified atom stereocenters. The standard InChI is InChI=1S/C23H23N3O6/c1-29-17-8-15(9-18(12-17)30-2)25-22(27)14-5-6-24-21(7-14)23(28)26-16-10-19(31-3)13-20(11-16)32-4/h5-13H,1-4H3,(H,25,27)(H,26,28). The zero-order valence-corrected chi connectivity index (χ0v) is 18.1. The minimum absolute atomic E-state index is 0.0719. The van der Waals surface area contributed by atoms with Crippen LogP contribution in [-0.2, 0) is 0 Å². The largest absolute Gasteiger partial charge is 0.497 e. The van der Waals surface area contributed by atoms with Gasteiger partial charge in [0.05, 0.1) is 28.4 Å². The summed E-state index contributed by atoms with van der Waals surface area (Å²) in [5, 5.41) is 5.49. The summed E-state index contributed by atoms with van der Waals surface area (Å²) in [5.74, 6) is 1.20. The Balaban J connectivity index is 1.78. The highest BCUT2D eigenvalue weighted by Gasteiger charge is 2.14. The molecule has 1 aromatic heterocycles. The number of aromatic nitrogens is 1. The molecule has 32 heavy (non-hydrogen) atoms. The Morgan fingerprint density at radius 2 is 1.09 bits per heavy atom. The fourth-order valence-electron chi connectivity index (χ4n) is 2.85. The van der Waals surface area contributed by atoms with E-state index < -0.39 is 11.8 Å². The number of hydrogen-bond donors (Lipinski definition) is 2. The van der Waals surface area contributed by atoms with E-state index in [1.807, 2.05) is 0 Å². The van der Waals surface area contributed by atoms with Gasteiger partial charge in [0.2, 0.25) is 0 Å². The highest BCUT2D eigenvalue weighted by molar-refractivity contribution is 6.08. The van der Waals surface area contributed by atoms with Crippen LogP contribution in [0.5, 0.6) is 23.0 Å². The molecule has 166 valence electrons. The van der Waals surface area contributed by atoms with Crippen molar-refractivity contribution in [3.05, 3.63) is 66.0 Å². The number of methoxy groups -OCH3 is 4. The van der Waals surface area contributed by atoms with Gasteiger partial charge in [0.25, 0.3) is 11.8 Å². The molecule has 2 amide bonds. The Labute approximate surface area is 185 Å². The van der Waals surface area contributed by atoms with Crippen molar-refractivity contribution >= 4 is 23.2 Å². The molecule has 0 bridgehead atoms. The van der Waals surface area contributed by atoms with Crippen LogP contribution in [0.1, 0.15) is 20.8 Å². The number of rotatable bonds is 8. The molecule has 0 radical (unpaired) electrons. The Morgan fingerprint density at radius 1 is 0.656 bits per heavy atom. The van der Waals surface area contributed by atoms with Gasteiger partial charge in [-0.05, 0) is 12.1 Å². The van der Waals surface area contributed by atoms with Crippen LogP contribution >= 0.6 is 0 Å². The lowest BCUT2D eigenvalue weighted by atomic mass is 10.2. The van der Waals surface area contributed by atoms with Gasteiger partial charge in [-0.25, -0.2) is 0 Å². The number of nitrogens with zero attached hydrogens (tertiary/aromatic N) is 1. The van der Waals surface area contributed by atoms with Crippen LogP contribution in [0, 0.1) is 0 Å². The predicted molar refractivity (Wildman–Crippen MR) is 119 cm³/mol. The van der Waals surface area contributed by atoms with Crippen molar-refractivity contribution in [1.82, 2.24) is 4.98 Å². The molecule has 0 aliphatic carbocycles. The van der Waals surface area contributed by atoms with Crippen molar-refractivity contribution in [2.45, 2.75) is 0 Å². The summed E-state index contributed by atoms with van der Waals surface area (Å²) in [6.45, 7) is 0. The smallest absolute Gasteiger partial charge is 0.274 e. The second-order valence-electron chi connectivity index (χ2n) is 6.54. The van der Waals surface area contributed by atoms with E-state index >= 15 is 0 Å². The van der Waals surface area contributed by atoms with E-state index in [2.05, 4.69) is 15.6 Å². The average molecular weight is 437 g/mol. The van der Waals surface area contributed by atoms with Gasteiger partial charge in [-0.2, -0.15) is 0 Å². The Kier molecular flexibility index (Phi) is 7.12. The van der Waals surface area contributed by atoms with Gasteiger partial charge in [-0.15, -0.1) is 0 Å². The molecule has 1 heterocycles. The first-order valence-electron chi connectivity index (χ1n) is 9.50. The highest BCUT2D eigenvalue weighted by atomic mass is 16.5. The number of carbonyl (C=O) groups is 2. The summed E-state index contributed by atoms with van der Waals surface area (Å²) in [4.78, 5) is 29.5. The van der Waals surface area contributed by atoms with Crippen molar-refractivity contribution in [3.63, 3.8) is 0 Å². The zero-order chi connectivity index (χ0) is 23.1. The van der Waals surface area contributed by atoms with Crippen LogP contribution in [-0.4, -0.2) is 45.2 Å². The molecular formula is C23H23N3O6. The lowest BCUT2D eigenvalue weighted by molar-refractivity contribution is 0.102. The van der Waals surface area contributed by atoms with Gasteiger partial charge >= 0.3 is 0 Å². The summed E-state index contributed by atoms with van der Waals surface area (Å²) in [6, 6.07) is 12.9. The molecule has 0 spiro atoms. The van der Waals surface area contributed by atoms with Crippen LogP contribution in [0.25, 0.3) is 0 Å². The fourth-order valence-corrected chi connectivity index (χ4v) is 2.85. The molecule has 3 aromatic rings. The van der Waals surface area contributed by atoms with Crippen molar-refractivity contribution < 1.29 is 28.5 Å². The third-order valence-electron chi connectivity index (χ3n) is 4.47. The minimum Gasteiger partial charge on any atom is -0.497 e. The quantitative estimate of drug-likeness (QED) is 0.554. The number of hydrogen-bond acceptors (Lipinski definition) is 7. The number of ether oxygens (including phenoxy) is 4. The van der Waals surface area contributed by atoms with Crippen molar-refractivity contribution in [3.8, 4) is 23.0 Å². The molecule has 0 saturated heterocycles. The van der Waals surface area contributed by atoms with E-state index in [4.69, 9.17) is 18.9 Å². The maximum absolute atomic E-state index is 12.7. The average Bonchev–Trinajstić information content (AvgIpc) is 2.83. The summed E-state index contributed by atoms with van der Waals surface area (Å²) in [6.07, 6.45) is 1.39. The van der Waals surface area contributed by atoms with E-state index in [1.54, 1.807) is 36.4 Å². The van der Waals surface area contributed by atoms with Crippen molar-refractivity contribution in [2.24, 2.45) is 0 Å². The van der Waals surface area contributed by atoms with Crippen LogP contribution in [0.15, 0.2) is 54.7 Å². The maximum atomic E-state index is 12.7. The van der Waals surface area contributed by atoms with Gasteiger partial charge in [-0.3, -0.25) is 14.6 Å². The van der Waals surface area contributed by atoms with Gasteiger partial charge in [0.15, 0.2) is 0 Å². The fraction of sp³-hybridized carbons (Fsp3) is 0.174. The Hall–Kier alpha value is -4.27. The summed E-state index contributed by atoms with van der Waals surface area (Å²) in [5.41, 5.74) is 1.28. The lowest BCUT2D eigenvalue weighted by Crippen LogP contribution is -2.17. The molecule has 0 saturated carbocycles. The molecule has 2 N–H and O–H groups in total. The maximum Gasteiger partial charge on any atom is 0.274 e. The molecular weight excluding hydrogens is 414 g/mol. The lowest BCUT2D eigenvalue weighted by Gasteiger charge is -2.11. The molecule has 0 aliphatic rings. The van der Waals surface area contributed by atoms with E-state index in [0.29, 0.717) is 34.4 Å². The zero-order valence-electron chi connectivity index (χ0n) is 18.1. The van der Waals surface area contributed by atoms with Gasteiger partial charge in [0, 0.05) is 59.5 Å². The first kappa shape index (κ1) is 22.4. The normalized spacial score (nSPS) is 10.1. The van der Waals surface area contributed by atoms with Crippen molar-refractivity contribution in [2.75, 3.05) is 39.1 Å². The summed E-state index contributed by atoms with van der Waals surface area (Å²) < 4.78 is 20.8. The van der Waals surface area contributed by atoms with Crippen LogP contribution in [0.3, 0.4) is 0 Å². The molecule has 3 rings (SSSR count). The van der Waals surface area contributed by atoms with Crippen LogP contribution < -0.4 is 29.6 Å². The van der Waals surface area contributed by atoms with Crippen LogP contribution in [0.2, 0.25) is 0 Å². The number of pyridine rings is 1. The van der Waals surface area contributed by atoms with E-state index in [9.17, 15) is 9.59 Å². The molecule has 0 atom stereocenters. The third-order valence-corrected chi connectivity index (χ3v) is 4.47. The Bertz CT molecular complexity index is 1000. The first-order chi connectivity index (χ1) is 15.4. The van der Waals surface area contributed by atoms with Crippen LogP contribution in [0.4, 0.5) is 11.4 Å². The Morgan fingerprint density at radius 3 is 1.53 bits per heavy atom. The second-order valence-corrected chi connectivity index (χ2v) is 6.54. The first-order valence-corrected chi connectivity index (χ1v) is 9.50. The summed E-state index contributed by atoms with van der Waals surface area (Å²) >= 11 is 0. The van der Waals surface area contributed by atoms with E-state index in [-0.39, 0.29) is 11.3 Å². The molecule has 2 aromatic carbocycles. The second kappa shape index (κ2) is 10.2. The number of amides is 2. The SMILES string of the molecule is COc1cc(NC(=O)c2ccnc(C(=O)Nc3cc(OC)cc(OC)c3)c2)cc(OC)c1. The van der Waals surface area contributed by atoms with E-state index in [1.165, 1.54) is 46.8 Å². The topological polar surface area (TPSA) is 108 Å². The molecule has 9 heteroatoms. The molecule has 9 nitrogen and oxygen atoms in total.